The molecule has 3 N–H and O–H groups in total. The number of allylic oxidation sites excluding steroid dienone is 2. The molecule has 5 rings (SSSR count). The maximum absolute atomic E-state index is 14.2. The second-order valence-electron chi connectivity index (χ2n) is 17.2. The third kappa shape index (κ3) is 4.84. The lowest BCUT2D eigenvalue weighted by Crippen LogP contribution is -2.65. The number of nitrogens with zero attached hydrogens (tertiary/aromatic N) is 1. The Bertz CT molecular complexity index is 1050. The van der Waals surface area contributed by atoms with Gasteiger partial charge in [-0.15, -0.1) is 0 Å². The summed E-state index contributed by atoms with van der Waals surface area (Å²) in [5.74, 6) is 1.31. The van der Waals surface area contributed by atoms with Crippen molar-refractivity contribution in [3.8, 4) is 0 Å². The molecule has 0 spiro atoms. The number of aliphatic hydroxyl groups is 3. The Morgan fingerprint density at radius 1 is 0.881 bits per heavy atom. The Kier molecular flexibility index (Phi) is 8.60. The van der Waals surface area contributed by atoms with Crippen molar-refractivity contribution in [3.05, 3.63) is 11.6 Å². The number of aliphatic hydroxyl groups excluding tert-OH is 3. The Morgan fingerprint density at radius 3 is 2.21 bits per heavy atom. The summed E-state index contributed by atoms with van der Waals surface area (Å²) >= 11 is 0. The molecular weight excluding hydrogens is 526 g/mol. The van der Waals surface area contributed by atoms with Gasteiger partial charge in [0.05, 0.1) is 24.7 Å². The van der Waals surface area contributed by atoms with Crippen LogP contribution in [0.25, 0.3) is 0 Å². The van der Waals surface area contributed by atoms with Gasteiger partial charge in [0.1, 0.15) is 6.61 Å². The highest BCUT2D eigenvalue weighted by Gasteiger charge is 2.69. The molecule has 4 saturated carbocycles. The van der Waals surface area contributed by atoms with Crippen LogP contribution in [-0.4, -0.2) is 71.7 Å². The van der Waals surface area contributed by atoms with Gasteiger partial charge >= 0.3 is 5.97 Å². The summed E-state index contributed by atoms with van der Waals surface area (Å²) in [5, 5.41) is 29.8. The van der Waals surface area contributed by atoms with Crippen LogP contribution in [0.15, 0.2) is 11.6 Å². The molecule has 0 amide bonds. The van der Waals surface area contributed by atoms with Crippen LogP contribution in [0.3, 0.4) is 0 Å². The van der Waals surface area contributed by atoms with Gasteiger partial charge in [-0.25, -0.2) is 0 Å². The van der Waals surface area contributed by atoms with Gasteiger partial charge in [0.15, 0.2) is 0 Å². The molecule has 0 bridgehead atoms. The van der Waals surface area contributed by atoms with E-state index < -0.39 is 5.41 Å². The predicted molar refractivity (Wildman–Crippen MR) is 167 cm³/mol. The van der Waals surface area contributed by atoms with Crippen molar-refractivity contribution < 1.29 is 24.9 Å². The van der Waals surface area contributed by atoms with E-state index in [9.17, 15) is 20.1 Å². The van der Waals surface area contributed by atoms with Crippen molar-refractivity contribution in [1.29, 1.82) is 0 Å². The molecule has 42 heavy (non-hydrogen) atoms. The minimum absolute atomic E-state index is 0.0233. The highest BCUT2D eigenvalue weighted by molar-refractivity contribution is 5.78. The van der Waals surface area contributed by atoms with Gasteiger partial charge in [0.2, 0.25) is 0 Å². The Hall–Kier alpha value is -0.950. The third-order valence-corrected chi connectivity index (χ3v) is 14.5. The lowest BCUT2D eigenvalue weighted by Gasteiger charge is -2.71. The number of carbonyl (C=O) groups excluding carboxylic acids is 1. The average Bonchev–Trinajstić information content (AvgIpc) is 2.91. The van der Waals surface area contributed by atoms with E-state index in [1.165, 1.54) is 12.8 Å². The van der Waals surface area contributed by atoms with Crippen LogP contribution in [0, 0.1) is 50.2 Å². The molecule has 0 aromatic carbocycles. The van der Waals surface area contributed by atoms with Crippen molar-refractivity contribution in [3.63, 3.8) is 0 Å². The van der Waals surface area contributed by atoms with Gasteiger partial charge in [-0.2, -0.15) is 0 Å². The molecule has 0 radical (unpaired) electrons. The number of esters is 1. The van der Waals surface area contributed by atoms with Crippen molar-refractivity contribution in [2.24, 2.45) is 50.2 Å². The van der Waals surface area contributed by atoms with Crippen LogP contribution < -0.4 is 0 Å². The van der Waals surface area contributed by atoms with Gasteiger partial charge in [-0.1, -0.05) is 60.1 Å². The quantitative estimate of drug-likeness (QED) is 0.239. The van der Waals surface area contributed by atoms with Crippen LogP contribution >= 0.6 is 0 Å². The number of hydrogen-bond acceptors (Lipinski definition) is 6. The molecule has 6 heteroatoms. The molecule has 240 valence electrons. The van der Waals surface area contributed by atoms with Crippen molar-refractivity contribution >= 4 is 5.97 Å². The summed E-state index contributed by atoms with van der Waals surface area (Å²) < 4.78 is 6.10. The SMILES string of the molecule is CC1(C)CC[C@]2(C(=O)OCCN(CCO)CCO)CC[C@]3(C)C(=CC[C@@H]4[C@@]5(C)CC[C@H](O)C(C)(C)[C@@H]5CC[C@]43C)[C@@H]2C1. The molecule has 8 atom stereocenters. The van der Waals surface area contributed by atoms with Gasteiger partial charge in [-0.05, 0) is 109 Å². The lowest BCUT2D eigenvalue weighted by molar-refractivity contribution is -0.206. The molecule has 0 saturated heterocycles. The molecular formula is C36H61NO5. The molecule has 0 aliphatic heterocycles. The first kappa shape index (κ1) is 32.4. The number of rotatable bonds is 8. The second kappa shape index (κ2) is 11.1. The number of fused-ring (bicyclic) bond motifs is 7. The monoisotopic (exact) mass is 587 g/mol. The Labute approximate surface area is 255 Å². The summed E-state index contributed by atoms with van der Waals surface area (Å²) in [6, 6.07) is 0. The molecule has 4 fully saturated rings. The fraction of sp³-hybridized carbons (Fsp3) is 0.917. The van der Waals surface area contributed by atoms with Gasteiger partial charge < -0.3 is 20.1 Å². The average molecular weight is 588 g/mol. The lowest BCUT2D eigenvalue weighted by atomic mass is 9.33. The van der Waals surface area contributed by atoms with E-state index >= 15 is 0 Å². The van der Waals surface area contributed by atoms with E-state index in [1.807, 2.05) is 4.90 Å². The van der Waals surface area contributed by atoms with Crippen LogP contribution in [-0.2, 0) is 9.53 Å². The number of hydrogen-bond donors (Lipinski definition) is 3. The van der Waals surface area contributed by atoms with E-state index in [0.717, 1.165) is 51.4 Å². The van der Waals surface area contributed by atoms with E-state index in [0.29, 0.717) is 38.1 Å². The van der Waals surface area contributed by atoms with Crippen LogP contribution in [0.5, 0.6) is 0 Å². The topological polar surface area (TPSA) is 90.2 Å². The normalized spacial score (nSPS) is 43.8. The fourth-order valence-corrected chi connectivity index (χ4v) is 11.6. The van der Waals surface area contributed by atoms with Gasteiger partial charge in [0, 0.05) is 19.6 Å². The molecule has 5 aliphatic rings. The van der Waals surface area contributed by atoms with E-state index in [1.54, 1.807) is 5.57 Å². The first-order valence-corrected chi connectivity index (χ1v) is 17.1. The fourth-order valence-electron chi connectivity index (χ4n) is 11.6. The molecule has 6 nitrogen and oxygen atoms in total. The summed E-state index contributed by atoms with van der Waals surface area (Å²) in [6.45, 7) is 18.9. The zero-order chi connectivity index (χ0) is 30.8. The highest BCUT2D eigenvalue weighted by atomic mass is 16.5. The number of carbonyl (C=O) groups is 1. The minimum atomic E-state index is -0.457. The van der Waals surface area contributed by atoms with E-state index in [2.05, 4.69) is 54.5 Å². The first-order chi connectivity index (χ1) is 19.6. The van der Waals surface area contributed by atoms with Gasteiger partial charge in [0.25, 0.3) is 0 Å². The first-order valence-electron chi connectivity index (χ1n) is 17.1. The second-order valence-corrected chi connectivity index (χ2v) is 17.2. The Morgan fingerprint density at radius 2 is 1.55 bits per heavy atom. The van der Waals surface area contributed by atoms with Gasteiger partial charge in [-0.3, -0.25) is 9.69 Å². The summed E-state index contributed by atoms with van der Waals surface area (Å²) in [5.41, 5.74) is 1.69. The molecule has 0 heterocycles. The summed E-state index contributed by atoms with van der Waals surface area (Å²) in [7, 11) is 0. The largest absolute Gasteiger partial charge is 0.464 e. The molecule has 0 aromatic rings. The zero-order valence-electron chi connectivity index (χ0n) is 27.8. The van der Waals surface area contributed by atoms with Crippen LogP contribution in [0.1, 0.15) is 113 Å². The maximum Gasteiger partial charge on any atom is 0.312 e. The maximum atomic E-state index is 14.2. The summed E-state index contributed by atoms with van der Waals surface area (Å²) in [6.07, 6.45) is 12.8. The smallest absolute Gasteiger partial charge is 0.312 e. The van der Waals surface area contributed by atoms with E-state index in [4.69, 9.17) is 4.74 Å². The standard InChI is InChI=1S/C36H61NO5/c1-31(2)14-16-36(30(41)42-23-20-37(18-21-38)19-22-39)17-15-34(6)25(26(36)24-31)8-9-28-33(5)12-11-29(40)32(3,4)27(33)10-13-35(28,34)7/h8,26-29,38-40H,9-24H2,1-7H3/t26-,27-,28+,29-,33-,34+,35+,36-/m0/s1. The van der Waals surface area contributed by atoms with E-state index in [-0.39, 0.29) is 58.3 Å². The van der Waals surface area contributed by atoms with Crippen molar-refractivity contribution in [1.82, 2.24) is 4.90 Å². The van der Waals surface area contributed by atoms with Crippen molar-refractivity contribution in [2.45, 2.75) is 119 Å². The van der Waals surface area contributed by atoms with Crippen LogP contribution in [0.2, 0.25) is 0 Å². The Balaban J connectivity index is 1.45. The molecule has 0 unspecified atom stereocenters. The minimum Gasteiger partial charge on any atom is -0.464 e. The molecule has 5 aliphatic carbocycles. The zero-order valence-corrected chi connectivity index (χ0v) is 27.8. The molecule has 0 aromatic heterocycles. The highest BCUT2D eigenvalue weighted by Crippen LogP contribution is 2.75. The predicted octanol–water partition coefficient (Wildman–Crippen LogP) is 5.98. The third-order valence-electron chi connectivity index (χ3n) is 14.5. The van der Waals surface area contributed by atoms with Crippen molar-refractivity contribution in [2.75, 3.05) is 39.5 Å². The van der Waals surface area contributed by atoms with Crippen LogP contribution in [0.4, 0.5) is 0 Å². The number of ether oxygens (including phenoxy) is 1. The summed E-state index contributed by atoms with van der Waals surface area (Å²) in [4.78, 5) is 16.1.